The molecule has 92 valence electrons. The van der Waals surface area contributed by atoms with Crippen molar-refractivity contribution in [2.75, 3.05) is 0 Å². The lowest BCUT2D eigenvalue weighted by Gasteiger charge is -2.26. The Bertz CT molecular complexity index is 380. The van der Waals surface area contributed by atoms with Crippen LogP contribution in [0.3, 0.4) is 0 Å². The molecule has 1 aliphatic carbocycles. The van der Waals surface area contributed by atoms with Gasteiger partial charge in [0.05, 0.1) is 11.7 Å². The van der Waals surface area contributed by atoms with E-state index >= 15 is 0 Å². The minimum atomic E-state index is -0.916. The van der Waals surface area contributed by atoms with E-state index in [0.29, 0.717) is 6.04 Å². The van der Waals surface area contributed by atoms with Gasteiger partial charge >= 0.3 is 5.97 Å². The van der Waals surface area contributed by atoms with E-state index in [0.717, 1.165) is 31.4 Å². The van der Waals surface area contributed by atoms with Crippen LogP contribution >= 0.6 is 0 Å². The molecule has 17 heavy (non-hydrogen) atoms. The molecule has 0 heterocycles. The zero-order valence-corrected chi connectivity index (χ0v) is 9.63. The molecule has 4 nitrogen and oxygen atoms in total. The van der Waals surface area contributed by atoms with Gasteiger partial charge in [0, 0.05) is 6.04 Å². The highest BCUT2D eigenvalue weighted by Gasteiger charge is 2.19. The Labute approximate surface area is 100 Å². The third kappa shape index (κ3) is 3.20. The summed E-state index contributed by atoms with van der Waals surface area (Å²) in [7, 11) is 0. The van der Waals surface area contributed by atoms with Gasteiger partial charge in [-0.1, -0.05) is 0 Å². The Kier molecular flexibility index (Phi) is 3.64. The molecule has 0 aromatic heterocycles. The van der Waals surface area contributed by atoms with E-state index in [4.69, 9.17) is 15.6 Å². The molecular weight excluding hydrogens is 218 g/mol. The number of carboxylic acids is 1. The second-order valence-corrected chi connectivity index (χ2v) is 4.48. The van der Waals surface area contributed by atoms with Crippen molar-refractivity contribution in [1.82, 2.24) is 0 Å². The van der Waals surface area contributed by atoms with Gasteiger partial charge in [0.15, 0.2) is 0 Å². The average Bonchev–Trinajstić information content (AvgIpc) is 2.33. The van der Waals surface area contributed by atoms with Crippen molar-refractivity contribution in [3.8, 4) is 5.75 Å². The van der Waals surface area contributed by atoms with Crippen molar-refractivity contribution in [2.45, 2.75) is 37.8 Å². The Morgan fingerprint density at radius 3 is 2.29 bits per heavy atom. The number of hydrogen-bond donors (Lipinski definition) is 2. The van der Waals surface area contributed by atoms with Crippen LogP contribution in [0.2, 0.25) is 0 Å². The summed E-state index contributed by atoms with van der Waals surface area (Å²) in [6.07, 6.45) is 4.16. The van der Waals surface area contributed by atoms with Gasteiger partial charge in [-0.3, -0.25) is 0 Å². The van der Waals surface area contributed by atoms with Crippen LogP contribution in [0.25, 0.3) is 0 Å². The first-order chi connectivity index (χ1) is 8.15. The molecular formula is C13H17NO3. The van der Waals surface area contributed by atoms with E-state index in [1.165, 1.54) is 0 Å². The standard InChI is InChI=1S/C13H17NO3/c14-10-3-7-12(8-4-10)17-11-5-1-9(2-6-11)13(15)16/h1-2,5-6,10,12H,3-4,7-8,14H2,(H,15,16). The van der Waals surface area contributed by atoms with Crippen molar-refractivity contribution in [2.24, 2.45) is 5.73 Å². The molecule has 1 aliphatic rings. The first-order valence-electron chi connectivity index (χ1n) is 5.91. The highest BCUT2D eigenvalue weighted by molar-refractivity contribution is 5.87. The quantitative estimate of drug-likeness (QED) is 0.840. The molecule has 0 atom stereocenters. The van der Waals surface area contributed by atoms with Crippen LogP contribution in [0, 0.1) is 0 Å². The topological polar surface area (TPSA) is 72.5 Å². The smallest absolute Gasteiger partial charge is 0.335 e. The van der Waals surface area contributed by atoms with Gasteiger partial charge in [0.1, 0.15) is 5.75 Å². The summed E-state index contributed by atoms with van der Waals surface area (Å²) in [5, 5.41) is 8.77. The largest absolute Gasteiger partial charge is 0.490 e. The first-order valence-corrected chi connectivity index (χ1v) is 5.91. The number of nitrogens with two attached hydrogens (primary N) is 1. The minimum Gasteiger partial charge on any atom is -0.490 e. The summed E-state index contributed by atoms with van der Waals surface area (Å²) in [4.78, 5) is 10.7. The van der Waals surface area contributed by atoms with Crippen LogP contribution in [0.5, 0.6) is 5.75 Å². The van der Waals surface area contributed by atoms with Gasteiger partial charge < -0.3 is 15.6 Å². The molecule has 0 saturated heterocycles. The van der Waals surface area contributed by atoms with E-state index in [1.807, 2.05) is 0 Å². The maximum absolute atomic E-state index is 10.7. The predicted molar refractivity (Wildman–Crippen MR) is 64.3 cm³/mol. The summed E-state index contributed by atoms with van der Waals surface area (Å²) in [5.41, 5.74) is 6.10. The molecule has 1 fully saturated rings. The second kappa shape index (κ2) is 5.19. The van der Waals surface area contributed by atoms with E-state index in [-0.39, 0.29) is 11.7 Å². The van der Waals surface area contributed by atoms with Crippen LogP contribution in [0.15, 0.2) is 24.3 Å². The second-order valence-electron chi connectivity index (χ2n) is 4.48. The molecule has 4 heteroatoms. The minimum absolute atomic E-state index is 0.213. The van der Waals surface area contributed by atoms with Crippen LogP contribution in [0.4, 0.5) is 0 Å². The number of aromatic carboxylic acids is 1. The highest BCUT2D eigenvalue weighted by Crippen LogP contribution is 2.23. The Hall–Kier alpha value is -1.55. The van der Waals surface area contributed by atoms with Crippen LogP contribution < -0.4 is 10.5 Å². The molecule has 0 radical (unpaired) electrons. The van der Waals surface area contributed by atoms with Gasteiger partial charge in [-0.25, -0.2) is 4.79 Å². The van der Waals surface area contributed by atoms with Gasteiger partial charge in [0.25, 0.3) is 0 Å². The summed E-state index contributed by atoms with van der Waals surface area (Å²) in [6.45, 7) is 0. The van der Waals surface area contributed by atoms with E-state index < -0.39 is 5.97 Å². The third-order valence-electron chi connectivity index (χ3n) is 3.12. The molecule has 0 aliphatic heterocycles. The zero-order valence-electron chi connectivity index (χ0n) is 9.63. The van der Waals surface area contributed by atoms with Gasteiger partial charge in [-0.2, -0.15) is 0 Å². The fraction of sp³-hybridized carbons (Fsp3) is 0.462. The van der Waals surface area contributed by atoms with Crippen LogP contribution in [-0.4, -0.2) is 23.2 Å². The van der Waals surface area contributed by atoms with Crippen LogP contribution in [-0.2, 0) is 0 Å². The summed E-state index contributed by atoms with van der Waals surface area (Å²) >= 11 is 0. The predicted octanol–water partition coefficient (Wildman–Crippen LogP) is 2.03. The zero-order chi connectivity index (χ0) is 12.3. The molecule has 0 bridgehead atoms. The van der Waals surface area contributed by atoms with Crippen molar-refractivity contribution < 1.29 is 14.6 Å². The first kappa shape index (κ1) is 11.9. The van der Waals surface area contributed by atoms with E-state index in [9.17, 15) is 4.79 Å². The maximum Gasteiger partial charge on any atom is 0.335 e. The molecule has 0 amide bonds. The molecule has 1 aromatic carbocycles. The van der Waals surface area contributed by atoms with Crippen LogP contribution in [0.1, 0.15) is 36.0 Å². The Balaban J connectivity index is 1.92. The van der Waals surface area contributed by atoms with E-state index in [1.54, 1.807) is 24.3 Å². The van der Waals surface area contributed by atoms with Crippen molar-refractivity contribution >= 4 is 5.97 Å². The number of ether oxygens (including phenoxy) is 1. The van der Waals surface area contributed by atoms with Gasteiger partial charge in [-0.15, -0.1) is 0 Å². The summed E-state index contributed by atoms with van der Waals surface area (Å²) < 4.78 is 5.79. The SMILES string of the molecule is NC1CCC(Oc2ccc(C(=O)O)cc2)CC1. The Morgan fingerprint density at radius 1 is 1.18 bits per heavy atom. The average molecular weight is 235 g/mol. The summed E-state index contributed by atoms with van der Waals surface area (Å²) in [5.74, 6) is -0.185. The maximum atomic E-state index is 10.7. The highest BCUT2D eigenvalue weighted by atomic mass is 16.5. The fourth-order valence-electron chi connectivity index (χ4n) is 2.07. The fourth-order valence-corrected chi connectivity index (χ4v) is 2.07. The molecule has 0 unspecified atom stereocenters. The number of benzene rings is 1. The lowest BCUT2D eigenvalue weighted by Crippen LogP contribution is -2.31. The monoisotopic (exact) mass is 235 g/mol. The van der Waals surface area contributed by atoms with Crippen molar-refractivity contribution in [1.29, 1.82) is 0 Å². The van der Waals surface area contributed by atoms with Crippen molar-refractivity contribution in [3.63, 3.8) is 0 Å². The molecule has 1 saturated carbocycles. The molecule has 2 rings (SSSR count). The lowest BCUT2D eigenvalue weighted by molar-refractivity contribution is 0.0697. The van der Waals surface area contributed by atoms with Crippen molar-refractivity contribution in [3.05, 3.63) is 29.8 Å². The molecule has 1 aromatic rings. The van der Waals surface area contributed by atoms with Gasteiger partial charge in [-0.05, 0) is 49.9 Å². The molecule has 0 spiro atoms. The molecule has 3 N–H and O–H groups in total. The lowest BCUT2D eigenvalue weighted by atomic mass is 9.94. The summed E-state index contributed by atoms with van der Waals surface area (Å²) in [6, 6.07) is 6.85. The normalized spacial score (nSPS) is 24.3. The Morgan fingerprint density at radius 2 is 1.76 bits per heavy atom. The van der Waals surface area contributed by atoms with E-state index in [2.05, 4.69) is 0 Å². The van der Waals surface area contributed by atoms with Gasteiger partial charge in [0.2, 0.25) is 0 Å². The third-order valence-corrected chi connectivity index (χ3v) is 3.12. The number of hydrogen-bond acceptors (Lipinski definition) is 3. The number of rotatable bonds is 3. The number of carbonyl (C=O) groups is 1. The number of carboxylic acid groups (broad SMARTS) is 1.